The summed E-state index contributed by atoms with van der Waals surface area (Å²) >= 11 is 9.07. The summed E-state index contributed by atoms with van der Waals surface area (Å²) in [7, 11) is 0. The quantitative estimate of drug-likeness (QED) is 0.226. The summed E-state index contributed by atoms with van der Waals surface area (Å²) in [6, 6.07) is 0. The lowest BCUT2D eigenvalue weighted by Crippen LogP contribution is -2.09. The Labute approximate surface area is 153 Å². The zero-order chi connectivity index (χ0) is 16.5. The molecule has 0 aromatic heterocycles. The third kappa shape index (κ3) is 17.1. The molecule has 0 aliphatic heterocycles. The van der Waals surface area contributed by atoms with Crippen LogP contribution in [0.15, 0.2) is 0 Å². The van der Waals surface area contributed by atoms with Crippen LogP contribution < -0.4 is 0 Å². The number of thioether (sulfide) groups is 2. The predicted octanol–water partition coefficient (Wildman–Crippen LogP) is 7.08. The Hall–Kier alpha value is 0.750. The minimum Gasteiger partial charge on any atom is -0.381 e. The Morgan fingerprint density at radius 1 is 0.909 bits per heavy atom. The van der Waals surface area contributed by atoms with Crippen molar-refractivity contribution >= 4 is 39.3 Å². The molecule has 0 aromatic carbocycles. The number of unbranched alkanes of at least 4 members (excludes halogenated alkanes) is 9. The maximum Gasteiger partial charge on any atom is 0.104 e. The first-order chi connectivity index (χ1) is 10.7. The van der Waals surface area contributed by atoms with E-state index in [0.29, 0.717) is 5.25 Å². The van der Waals surface area contributed by atoms with Crippen LogP contribution in [0.2, 0.25) is 0 Å². The van der Waals surface area contributed by atoms with E-state index in [1.807, 2.05) is 18.7 Å². The average Bonchev–Trinajstić information content (AvgIpc) is 2.50. The fourth-order valence-electron chi connectivity index (χ4n) is 2.26. The summed E-state index contributed by atoms with van der Waals surface area (Å²) < 4.78 is 6.50. The normalized spacial score (nSPS) is 12.5. The van der Waals surface area contributed by atoms with Gasteiger partial charge in [-0.15, -0.1) is 23.5 Å². The highest BCUT2D eigenvalue weighted by molar-refractivity contribution is 8.47. The van der Waals surface area contributed by atoms with Gasteiger partial charge in [0.15, 0.2) is 0 Å². The molecule has 0 aliphatic carbocycles. The Kier molecular flexibility index (Phi) is 18.7. The van der Waals surface area contributed by atoms with Gasteiger partial charge in [-0.05, 0) is 19.1 Å². The molecule has 1 atom stereocenters. The standard InChI is InChI=1S/C18H36OS3/c1-4-6-7-8-9-10-11-12-13-14-15-21-18(20)22-17(3)16-19-5-2/h17H,4-16H2,1-3H3. The summed E-state index contributed by atoms with van der Waals surface area (Å²) in [5.41, 5.74) is 0. The van der Waals surface area contributed by atoms with Crippen molar-refractivity contribution in [3.05, 3.63) is 0 Å². The van der Waals surface area contributed by atoms with Crippen molar-refractivity contribution in [2.75, 3.05) is 19.0 Å². The zero-order valence-electron chi connectivity index (χ0n) is 14.9. The maximum absolute atomic E-state index is 5.42. The first-order valence-electron chi connectivity index (χ1n) is 9.11. The number of hydrogen-bond donors (Lipinski definition) is 0. The van der Waals surface area contributed by atoms with Gasteiger partial charge in [-0.2, -0.15) is 0 Å². The largest absolute Gasteiger partial charge is 0.381 e. The molecular formula is C18H36OS3. The number of thiocarbonyl (C=S) groups is 1. The Balaban J connectivity index is 3.23. The molecule has 0 saturated carbocycles. The van der Waals surface area contributed by atoms with Crippen molar-refractivity contribution in [1.82, 2.24) is 0 Å². The van der Waals surface area contributed by atoms with E-state index in [2.05, 4.69) is 13.8 Å². The average molecular weight is 365 g/mol. The first kappa shape index (κ1) is 22.8. The van der Waals surface area contributed by atoms with E-state index in [-0.39, 0.29) is 0 Å². The van der Waals surface area contributed by atoms with Gasteiger partial charge in [-0.1, -0.05) is 83.9 Å². The summed E-state index contributed by atoms with van der Waals surface area (Å²) in [6.07, 6.45) is 14.0. The zero-order valence-corrected chi connectivity index (χ0v) is 17.4. The summed E-state index contributed by atoms with van der Waals surface area (Å²) in [5, 5.41) is 0.479. The van der Waals surface area contributed by atoms with Crippen LogP contribution in [-0.4, -0.2) is 27.7 Å². The van der Waals surface area contributed by atoms with Crippen LogP contribution in [0.5, 0.6) is 0 Å². The van der Waals surface area contributed by atoms with Gasteiger partial charge >= 0.3 is 0 Å². The van der Waals surface area contributed by atoms with Gasteiger partial charge in [0.05, 0.1) is 6.61 Å². The van der Waals surface area contributed by atoms with E-state index in [1.54, 1.807) is 11.8 Å². The SMILES string of the molecule is CCCCCCCCCCCCSC(=S)SC(C)COCC. The minimum absolute atomic E-state index is 0.479. The third-order valence-corrected chi connectivity index (χ3v) is 6.32. The van der Waals surface area contributed by atoms with E-state index in [4.69, 9.17) is 17.0 Å². The van der Waals surface area contributed by atoms with Crippen LogP contribution in [0.4, 0.5) is 0 Å². The van der Waals surface area contributed by atoms with Crippen molar-refractivity contribution in [2.45, 2.75) is 90.2 Å². The van der Waals surface area contributed by atoms with Crippen LogP contribution in [-0.2, 0) is 4.74 Å². The smallest absolute Gasteiger partial charge is 0.104 e. The van der Waals surface area contributed by atoms with Gasteiger partial charge in [0.2, 0.25) is 0 Å². The lowest BCUT2D eigenvalue weighted by molar-refractivity contribution is 0.151. The van der Waals surface area contributed by atoms with Gasteiger partial charge in [0.1, 0.15) is 3.53 Å². The molecule has 4 heteroatoms. The summed E-state index contributed by atoms with van der Waals surface area (Å²) in [4.78, 5) is 0. The van der Waals surface area contributed by atoms with Crippen molar-refractivity contribution in [3.8, 4) is 0 Å². The maximum atomic E-state index is 5.42. The van der Waals surface area contributed by atoms with Crippen molar-refractivity contribution < 1.29 is 4.74 Å². The van der Waals surface area contributed by atoms with Crippen LogP contribution in [0.1, 0.15) is 85.0 Å². The van der Waals surface area contributed by atoms with E-state index in [0.717, 1.165) is 16.7 Å². The fraction of sp³-hybridized carbons (Fsp3) is 0.944. The molecule has 0 spiro atoms. The highest BCUT2D eigenvalue weighted by Gasteiger charge is 2.07. The summed E-state index contributed by atoms with van der Waals surface area (Å²) in [5.74, 6) is 1.18. The minimum atomic E-state index is 0.479. The van der Waals surface area contributed by atoms with Gasteiger partial charge < -0.3 is 4.74 Å². The monoisotopic (exact) mass is 364 g/mol. The van der Waals surface area contributed by atoms with Crippen molar-refractivity contribution in [3.63, 3.8) is 0 Å². The highest BCUT2D eigenvalue weighted by atomic mass is 32.2. The molecular weight excluding hydrogens is 328 g/mol. The second-order valence-electron chi connectivity index (χ2n) is 5.87. The molecule has 0 rings (SSSR count). The van der Waals surface area contributed by atoms with Gasteiger partial charge in [-0.3, -0.25) is 0 Å². The first-order valence-corrected chi connectivity index (χ1v) is 11.4. The van der Waals surface area contributed by atoms with Crippen LogP contribution >= 0.6 is 35.7 Å². The number of hydrogen-bond acceptors (Lipinski definition) is 4. The molecule has 0 aromatic rings. The Bertz CT molecular complexity index is 246. The fourth-order valence-corrected chi connectivity index (χ4v) is 5.03. The van der Waals surface area contributed by atoms with Gasteiger partial charge in [0.25, 0.3) is 0 Å². The predicted molar refractivity (Wildman–Crippen MR) is 110 cm³/mol. The van der Waals surface area contributed by atoms with Crippen molar-refractivity contribution in [2.24, 2.45) is 0 Å². The highest BCUT2D eigenvalue weighted by Crippen LogP contribution is 2.23. The molecule has 0 saturated heterocycles. The Morgan fingerprint density at radius 3 is 2.00 bits per heavy atom. The van der Waals surface area contributed by atoms with E-state index in [1.165, 1.54) is 70.0 Å². The van der Waals surface area contributed by atoms with Crippen LogP contribution in [0.3, 0.4) is 0 Å². The molecule has 1 nitrogen and oxygen atoms in total. The van der Waals surface area contributed by atoms with Crippen molar-refractivity contribution in [1.29, 1.82) is 0 Å². The van der Waals surface area contributed by atoms with E-state index in [9.17, 15) is 0 Å². The molecule has 0 N–H and O–H groups in total. The molecule has 0 fully saturated rings. The molecule has 0 amide bonds. The van der Waals surface area contributed by atoms with Crippen LogP contribution in [0.25, 0.3) is 0 Å². The van der Waals surface area contributed by atoms with Gasteiger partial charge in [0, 0.05) is 11.9 Å². The lowest BCUT2D eigenvalue weighted by atomic mass is 10.1. The summed E-state index contributed by atoms with van der Waals surface area (Å²) in [6.45, 7) is 8.11. The van der Waals surface area contributed by atoms with E-state index < -0.39 is 0 Å². The Morgan fingerprint density at radius 2 is 1.45 bits per heavy atom. The molecule has 22 heavy (non-hydrogen) atoms. The molecule has 0 bridgehead atoms. The molecule has 0 radical (unpaired) electrons. The molecule has 132 valence electrons. The molecule has 0 aliphatic rings. The topological polar surface area (TPSA) is 9.23 Å². The number of ether oxygens (including phenoxy) is 1. The van der Waals surface area contributed by atoms with Crippen LogP contribution in [0, 0.1) is 0 Å². The molecule has 1 unspecified atom stereocenters. The number of rotatable bonds is 15. The second kappa shape index (κ2) is 18.1. The van der Waals surface area contributed by atoms with E-state index >= 15 is 0 Å². The lowest BCUT2D eigenvalue weighted by Gasteiger charge is -2.11. The third-order valence-electron chi connectivity index (χ3n) is 3.57. The molecule has 0 heterocycles. The van der Waals surface area contributed by atoms with Gasteiger partial charge in [-0.25, -0.2) is 0 Å². The second-order valence-corrected chi connectivity index (χ2v) is 9.61.